The van der Waals surface area contributed by atoms with E-state index >= 15 is 0 Å². The maximum Gasteiger partial charge on any atom is 0.409 e. The minimum absolute atomic E-state index is 0.199. The van der Waals surface area contributed by atoms with Crippen molar-refractivity contribution in [3.63, 3.8) is 0 Å². The van der Waals surface area contributed by atoms with Gasteiger partial charge in [-0.1, -0.05) is 0 Å². The molecule has 2 aliphatic rings. The number of anilines is 1. The third-order valence-corrected chi connectivity index (χ3v) is 5.32. The second-order valence-electron chi connectivity index (χ2n) is 8.15. The molecular weight excluding hydrogens is 402 g/mol. The van der Waals surface area contributed by atoms with Crippen LogP contribution in [0, 0.1) is 0 Å². The summed E-state index contributed by atoms with van der Waals surface area (Å²) in [6.07, 6.45) is -1.08. The molecule has 31 heavy (non-hydrogen) atoms. The second-order valence-corrected chi connectivity index (χ2v) is 8.15. The van der Waals surface area contributed by atoms with Gasteiger partial charge in [0.1, 0.15) is 18.5 Å². The van der Waals surface area contributed by atoms with Crippen LogP contribution in [0.3, 0.4) is 0 Å². The van der Waals surface area contributed by atoms with Crippen LogP contribution in [0.5, 0.6) is 5.75 Å². The lowest BCUT2D eigenvalue weighted by atomic mass is 10.2. The summed E-state index contributed by atoms with van der Waals surface area (Å²) < 4.78 is 16.1. The minimum Gasteiger partial charge on any atom is -0.491 e. The first-order chi connectivity index (χ1) is 14.9. The molecule has 1 aromatic carbocycles. The number of rotatable bonds is 11. The molecule has 0 spiro atoms. The smallest absolute Gasteiger partial charge is 0.409 e. The number of aliphatic hydroxyl groups is 2. The topological polar surface area (TPSA) is 98.2 Å². The van der Waals surface area contributed by atoms with E-state index in [-0.39, 0.29) is 18.8 Å². The highest BCUT2D eigenvalue weighted by atomic mass is 16.6. The van der Waals surface area contributed by atoms with Crippen LogP contribution in [0.4, 0.5) is 10.5 Å². The van der Waals surface area contributed by atoms with E-state index in [2.05, 4.69) is 9.80 Å². The first kappa shape index (κ1) is 23.6. The minimum atomic E-state index is -0.618. The molecule has 174 valence electrons. The number of amides is 1. The molecule has 0 aromatic heterocycles. The molecule has 3 rings (SSSR count). The van der Waals surface area contributed by atoms with E-state index in [1.807, 2.05) is 24.3 Å². The summed E-state index contributed by atoms with van der Waals surface area (Å²) in [5.41, 5.74) is 1.00. The molecule has 1 amide bonds. The molecule has 3 atom stereocenters. The van der Waals surface area contributed by atoms with Crippen LogP contribution in [0.1, 0.15) is 13.8 Å². The predicted octanol–water partition coefficient (Wildman–Crippen LogP) is 0.786. The van der Waals surface area contributed by atoms with Crippen molar-refractivity contribution in [2.75, 3.05) is 70.5 Å². The molecule has 0 bridgehead atoms. The van der Waals surface area contributed by atoms with Gasteiger partial charge >= 0.3 is 6.09 Å². The summed E-state index contributed by atoms with van der Waals surface area (Å²) in [6.45, 7) is 9.33. The lowest BCUT2D eigenvalue weighted by Gasteiger charge is -2.34. The summed E-state index contributed by atoms with van der Waals surface area (Å²) in [4.78, 5) is 17.7. The monoisotopic (exact) mass is 437 g/mol. The van der Waals surface area contributed by atoms with Crippen molar-refractivity contribution < 1.29 is 29.2 Å². The van der Waals surface area contributed by atoms with Gasteiger partial charge in [0.25, 0.3) is 0 Å². The van der Waals surface area contributed by atoms with Gasteiger partial charge in [0.05, 0.1) is 25.4 Å². The number of piperazine rings is 1. The van der Waals surface area contributed by atoms with Gasteiger partial charge in [-0.3, -0.25) is 4.90 Å². The van der Waals surface area contributed by atoms with Crippen molar-refractivity contribution in [3.8, 4) is 5.75 Å². The molecule has 2 heterocycles. The molecule has 2 saturated heterocycles. The number of ether oxygens (including phenoxy) is 3. The SMILES string of the molecule is CCOC(=O)N1CCN(CC(O)COc2ccc(N(CC(C)O)CC3CO3)cc2)CC1. The van der Waals surface area contributed by atoms with Crippen LogP contribution in [-0.4, -0.2) is 110 Å². The first-order valence-corrected chi connectivity index (χ1v) is 11.0. The van der Waals surface area contributed by atoms with E-state index in [0.29, 0.717) is 51.6 Å². The molecule has 0 saturated carbocycles. The Hall–Kier alpha value is -2.07. The fraction of sp³-hybridized carbons (Fsp3) is 0.682. The summed E-state index contributed by atoms with van der Waals surface area (Å²) in [6, 6.07) is 7.67. The van der Waals surface area contributed by atoms with Gasteiger partial charge in [-0.2, -0.15) is 0 Å². The number of hydrogen-bond donors (Lipinski definition) is 2. The Labute approximate surface area is 184 Å². The molecular formula is C22H35N3O6. The predicted molar refractivity (Wildman–Crippen MR) is 117 cm³/mol. The number of β-amino-alcohol motifs (C(OH)–C–C–N with tert-alkyl or cyclic N) is 1. The molecule has 1 aromatic rings. The second kappa shape index (κ2) is 11.5. The summed E-state index contributed by atoms with van der Waals surface area (Å²) in [5, 5.41) is 20.1. The van der Waals surface area contributed by atoms with Crippen LogP contribution < -0.4 is 9.64 Å². The van der Waals surface area contributed by atoms with Gasteiger partial charge in [-0.15, -0.1) is 0 Å². The van der Waals surface area contributed by atoms with Gasteiger partial charge in [0, 0.05) is 51.5 Å². The van der Waals surface area contributed by atoms with E-state index in [1.54, 1.807) is 18.7 Å². The molecule has 0 radical (unpaired) electrons. The number of nitrogens with zero attached hydrogens (tertiary/aromatic N) is 3. The quantitative estimate of drug-likeness (QED) is 0.491. The fourth-order valence-corrected chi connectivity index (χ4v) is 3.65. The van der Waals surface area contributed by atoms with Crippen molar-refractivity contribution in [2.24, 2.45) is 0 Å². The number of carbonyl (C=O) groups is 1. The maximum atomic E-state index is 11.8. The van der Waals surface area contributed by atoms with Crippen LogP contribution in [0.15, 0.2) is 24.3 Å². The lowest BCUT2D eigenvalue weighted by molar-refractivity contribution is 0.0408. The number of epoxide rings is 1. The Morgan fingerprint density at radius 3 is 2.48 bits per heavy atom. The highest BCUT2D eigenvalue weighted by Crippen LogP contribution is 2.22. The van der Waals surface area contributed by atoms with Crippen molar-refractivity contribution >= 4 is 11.8 Å². The van der Waals surface area contributed by atoms with Gasteiger partial charge < -0.3 is 34.2 Å². The van der Waals surface area contributed by atoms with E-state index < -0.39 is 12.2 Å². The van der Waals surface area contributed by atoms with Crippen molar-refractivity contribution in [3.05, 3.63) is 24.3 Å². The number of benzene rings is 1. The van der Waals surface area contributed by atoms with Gasteiger partial charge in [0.15, 0.2) is 0 Å². The van der Waals surface area contributed by atoms with Gasteiger partial charge in [-0.05, 0) is 38.1 Å². The molecule has 2 fully saturated rings. The lowest BCUT2D eigenvalue weighted by Crippen LogP contribution is -2.51. The standard InChI is InChI=1S/C22H35N3O6/c1-3-29-22(28)24-10-8-23(9-11-24)13-19(27)15-30-20-6-4-18(5-7-20)25(12-17(2)26)14-21-16-31-21/h4-7,17,19,21,26-27H,3,8-16H2,1-2H3. The van der Waals surface area contributed by atoms with Crippen molar-refractivity contribution in [1.29, 1.82) is 0 Å². The Balaban J connectivity index is 1.40. The zero-order chi connectivity index (χ0) is 22.2. The Bertz CT molecular complexity index is 670. The number of hydrogen-bond acceptors (Lipinski definition) is 8. The van der Waals surface area contributed by atoms with E-state index in [4.69, 9.17) is 14.2 Å². The highest BCUT2D eigenvalue weighted by molar-refractivity contribution is 5.67. The summed E-state index contributed by atoms with van der Waals surface area (Å²) >= 11 is 0. The molecule has 2 N–H and O–H groups in total. The molecule has 2 aliphatic heterocycles. The van der Waals surface area contributed by atoms with Gasteiger partial charge in [-0.25, -0.2) is 4.79 Å². The van der Waals surface area contributed by atoms with E-state index in [9.17, 15) is 15.0 Å². The van der Waals surface area contributed by atoms with Crippen LogP contribution in [0.25, 0.3) is 0 Å². The Morgan fingerprint density at radius 1 is 1.23 bits per heavy atom. The average Bonchev–Trinajstić information content (AvgIpc) is 3.57. The Kier molecular flexibility index (Phi) is 8.77. The van der Waals surface area contributed by atoms with Crippen LogP contribution >= 0.6 is 0 Å². The van der Waals surface area contributed by atoms with Crippen molar-refractivity contribution in [2.45, 2.75) is 32.2 Å². The Morgan fingerprint density at radius 2 is 1.90 bits per heavy atom. The third-order valence-electron chi connectivity index (χ3n) is 5.32. The summed E-state index contributed by atoms with van der Waals surface area (Å²) in [5.74, 6) is 0.689. The molecule has 0 aliphatic carbocycles. The van der Waals surface area contributed by atoms with Gasteiger partial charge in [0.2, 0.25) is 0 Å². The van der Waals surface area contributed by atoms with Crippen LogP contribution in [0.2, 0.25) is 0 Å². The third kappa shape index (κ3) is 7.84. The first-order valence-electron chi connectivity index (χ1n) is 11.0. The zero-order valence-electron chi connectivity index (χ0n) is 18.5. The normalized spacial score (nSPS) is 20.8. The zero-order valence-corrected chi connectivity index (χ0v) is 18.5. The van der Waals surface area contributed by atoms with E-state index in [0.717, 1.165) is 18.8 Å². The number of aliphatic hydroxyl groups excluding tert-OH is 2. The van der Waals surface area contributed by atoms with E-state index in [1.165, 1.54) is 0 Å². The molecule has 9 heteroatoms. The average molecular weight is 438 g/mol. The fourth-order valence-electron chi connectivity index (χ4n) is 3.65. The molecule has 9 nitrogen and oxygen atoms in total. The maximum absolute atomic E-state index is 11.8. The summed E-state index contributed by atoms with van der Waals surface area (Å²) in [7, 11) is 0. The highest BCUT2D eigenvalue weighted by Gasteiger charge is 2.26. The van der Waals surface area contributed by atoms with Crippen molar-refractivity contribution in [1.82, 2.24) is 9.80 Å². The number of carbonyl (C=O) groups excluding carboxylic acids is 1. The largest absolute Gasteiger partial charge is 0.491 e. The van der Waals surface area contributed by atoms with Crippen LogP contribution in [-0.2, 0) is 9.47 Å². The molecule has 3 unspecified atom stereocenters.